The quantitative estimate of drug-likeness (QED) is 0.641. The van der Waals surface area contributed by atoms with Gasteiger partial charge in [0.2, 0.25) is 10.0 Å². The highest BCUT2D eigenvalue weighted by Gasteiger charge is 2.23. The molecule has 142 valence electrons. The molecule has 27 heavy (non-hydrogen) atoms. The fourth-order valence-corrected chi connectivity index (χ4v) is 4.07. The van der Waals surface area contributed by atoms with E-state index in [1.54, 1.807) is 13.8 Å². The summed E-state index contributed by atoms with van der Waals surface area (Å²) in [5.41, 5.74) is 3.37. The third-order valence-corrected chi connectivity index (χ3v) is 5.75. The Hall–Kier alpha value is -2.48. The van der Waals surface area contributed by atoms with Crippen LogP contribution in [0.2, 0.25) is 0 Å². The zero-order valence-electron chi connectivity index (χ0n) is 15.3. The average Bonchev–Trinajstić information content (AvgIpc) is 3.01. The summed E-state index contributed by atoms with van der Waals surface area (Å²) in [5.74, 6) is 0.283. The molecule has 0 saturated carbocycles. The first kappa shape index (κ1) is 19.3. The number of nitrogens with one attached hydrogen (secondary N) is 1. The van der Waals surface area contributed by atoms with Gasteiger partial charge in [0.1, 0.15) is 10.6 Å². The molecule has 1 aromatic heterocycles. The molecule has 0 atom stereocenters. The van der Waals surface area contributed by atoms with Crippen LogP contribution in [0.25, 0.3) is 0 Å². The lowest BCUT2D eigenvalue weighted by Gasteiger charge is -2.08. The van der Waals surface area contributed by atoms with Crippen LogP contribution in [0.1, 0.15) is 28.1 Å². The van der Waals surface area contributed by atoms with Crippen LogP contribution < -0.4 is 4.72 Å². The second-order valence-corrected chi connectivity index (χ2v) is 7.98. The second-order valence-electron chi connectivity index (χ2n) is 6.27. The Balaban J connectivity index is 1.53. The predicted molar refractivity (Wildman–Crippen MR) is 101 cm³/mol. The molecule has 1 heterocycles. The van der Waals surface area contributed by atoms with E-state index < -0.39 is 10.0 Å². The molecule has 2 aromatic carbocycles. The summed E-state index contributed by atoms with van der Waals surface area (Å²) in [4.78, 5) is 0.105. The zero-order valence-corrected chi connectivity index (χ0v) is 16.1. The minimum Gasteiger partial charge on any atom is -0.372 e. The van der Waals surface area contributed by atoms with Gasteiger partial charge in [-0.25, -0.2) is 13.1 Å². The smallest absolute Gasteiger partial charge is 0.246 e. The summed E-state index contributed by atoms with van der Waals surface area (Å²) in [6.07, 6.45) is 0. The molecule has 3 aromatic rings. The molecule has 0 fully saturated rings. The number of aryl methyl sites for hydroxylation is 2. The Morgan fingerprint density at radius 1 is 0.926 bits per heavy atom. The minimum atomic E-state index is -3.66. The molecule has 0 radical (unpaired) electrons. The van der Waals surface area contributed by atoms with Crippen molar-refractivity contribution in [2.24, 2.45) is 0 Å². The normalized spacial score (nSPS) is 11.6. The molecule has 3 rings (SSSR count). The number of nitrogens with zero attached hydrogens (tertiary/aromatic N) is 1. The summed E-state index contributed by atoms with van der Waals surface area (Å²) in [7, 11) is -3.66. The molecular weight excluding hydrogens is 364 g/mol. The zero-order chi connectivity index (χ0) is 19.3. The van der Waals surface area contributed by atoms with E-state index in [0.29, 0.717) is 18.9 Å². The van der Waals surface area contributed by atoms with Crippen molar-refractivity contribution in [2.45, 2.75) is 38.5 Å². The molecular formula is C20H22N2O4S. The van der Waals surface area contributed by atoms with Crippen molar-refractivity contribution in [1.82, 2.24) is 9.88 Å². The highest BCUT2D eigenvalue weighted by Crippen LogP contribution is 2.19. The summed E-state index contributed by atoms with van der Waals surface area (Å²) < 4.78 is 38.1. The molecule has 0 amide bonds. The summed E-state index contributed by atoms with van der Waals surface area (Å²) >= 11 is 0. The van der Waals surface area contributed by atoms with Crippen LogP contribution in [0.4, 0.5) is 0 Å². The third-order valence-electron chi connectivity index (χ3n) is 4.11. The summed E-state index contributed by atoms with van der Waals surface area (Å²) in [6, 6.07) is 17.6. The second kappa shape index (κ2) is 8.47. The lowest BCUT2D eigenvalue weighted by Crippen LogP contribution is -2.24. The Morgan fingerprint density at radius 3 is 2.11 bits per heavy atom. The van der Waals surface area contributed by atoms with Crippen molar-refractivity contribution in [3.8, 4) is 0 Å². The van der Waals surface area contributed by atoms with Crippen molar-refractivity contribution in [2.75, 3.05) is 0 Å². The molecule has 1 N–H and O–H groups in total. The molecule has 0 spiro atoms. The standard InChI is InChI=1S/C20H22N2O4S/c1-15-20(16(2)26-22-15)27(23,24)21-12-17-8-10-19(11-9-17)14-25-13-18-6-4-3-5-7-18/h3-11,21H,12-14H2,1-2H3. The maximum Gasteiger partial charge on any atom is 0.246 e. The van der Waals surface area contributed by atoms with Crippen molar-refractivity contribution >= 4 is 10.0 Å². The van der Waals surface area contributed by atoms with E-state index in [4.69, 9.17) is 9.26 Å². The van der Waals surface area contributed by atoms with Gasteiger partial charge in [0.15, 0.2) is 5.76 Å². The van der Waals surface area contributed by atoms with Crippen molar-refractivity contribution in [3.05, 3.63) is 82.7 Å². The van der Waals surface area contributed by atoms with Gasteiger partial charge in [-0.3, -0.25) is 0 Å². The van der Waals surface area contributed by atoms with Crippen LogP contribution in [0.3, 0.4) is 0 Å². The van der Waals surface area contributed by atoms with Gasteiger partial charge in [0, 0.05) is 6.54 Å². The fourth-order valence-electron chi connectivity index (χ4n) is 2.72. The first-order chi connectivity index (χ1) is 13.0. The lowest BCUT2D eigenvalue weighted by atomic mass is 10.1. The van der Waals surface area contributed by atoms with Crippen LogP contribution in [0, 0.1) is 13.8 Å². The molecule has 0 aliphatic rings. The van der Waals surface area contributed by atoms with Gasteiger partial charge >= 0.3 is 0 Å². The highest BCUT2D eigenvalue weighted by atomic mass is 32.2. The van der Waals surface area contributed by atoms with Crippen LogP contribution in [0.15, 0.2) is 64.0 Å². The molecule has 0 saturated heterocycles. The van der Waals surface area contributed by atoms with E-state index in [2.05, 4.69) is 9.88 Å². The number of rotatable bonds is 8. The number of hydrogen-bond acceptors (Lipinski definition) is 5. The molecule has 0 aliphatic heterocycles. The van der Waals surface area contributed by atoms with E-state index in [9.17, 15) is 8.42 Å². The van der Waals surface area contributed by atoms with Gasteiger partial charge in [-0.05, 0) is 30.5 Å². The van der Waals surface area contributed by atoms with Crippen LogP contribution >= 0.6 is 0 Å². The van der Waals surface area contributed by atoms with E-state index in [1.165, 1.54) is 0 Å². The van der Waals surface area contributed by atoms with Gasteiger partial charge in [-0.1, -0.05) is 59.8 Å². The maximum atomic E-state index is 12.4. The van der Waals surface area contributed by atoms with Crippen molar-refractivity contribution in [1.29, 1.82) is 0 Å². The Kier molecular flexibility index (Phi) is 6.05. The highest BCUT2D eigenvalue weighted by molar-refractivity contribution is 7.89. The molecule has 0 aliphatic carbocycles. The topological polar surface area (TPSA) is 81.4 Å². The fraction of sp³-hybridized carbons (Fsp3) is 0.250. The van der Waals surface area contributed by atoms with Gasteiger partial charge < -0.3 is 9.26 Å². The number of aromatic nitrogens is 1. The Labute approximate surface area is 159 Å². The largest absolute Gasteiger partial charge is 0.372 e. The van der Waals surface area contributed by atoms with Gasteiger partial charge in [-0.2, -0.15) is 0 Å². The average molecular weight is 386 g/mol. The SMILES string of the molecule is Cc1noc(C)c1S(=O)(=O)NCc1ccc(COCc2ccccc2)cc1. The van der Waals surface area contributed by atoms with E-state index in [-0.39, 0.29) is 17.2 Å². The number of ether oxygens (including phenoxy) is 1. The van der Waals surface area contributed by atoms with Crippen LogP contribution in [-0.4, -0.2) is 13.6 Å². The van der Waals surface area contributed by atoms with E-state index in [0.717, 1.165) is 16.7 Å². The Morgan fingerprint density at radius 2 is 1.52 bits per heavy atom. The van der Waals surface area contributed by atoms with Crippen molar-refractivity contribution < 1.29 is 17.7 Å². The van der Waals surface area contributed by atoms with Gasteiger partial charge in [-0.15, -0.1) is 0 Å². The maximum absolute atomic E-state index is 12.4. The first-order valence-corrected chi connectivity index (χ1v) is 10.1. The molecule has 6 nitrogen and oxygen atoms in total. The predicted octanol–water partition coefficient (Wildman–Crippen LogP) is 3.49. The number of sulfonamides is 1. The molecule has 0 unspecified atom stereocenters. The first-order valence-electron chi connectivity index (χ1n) is 8.58. The summed E-state index contributed by atoms with van der Waals surface area (Å²) in [6.45, 7) is 4.44. The van der Waals surface area contributed by atoms with E-state index in [1.807, 2.05) is 54.6 Å². The monoisotopic (exact) mass is 386 g/mol. The third kappa shape index (κ3) is 5.03. The minimum absolute atomic E-state index is 0.105. The number of benzene rings is 2. The summed E-state index contributed by atoms with van der Waals surface area (Å²) in [5, 5.41) is 3.69. The van der Waals surface area contributed by atoms with Gasteiger partial charge in [0.25, 0.3) is 0 Å². The lowest BCUT2D eigenvalue weighted by molar-refractivity contribution is 0.107. The van der Waals surface area contributed by atoms with Crippen LogP contribution in [0.5, 0.6) is 0 Å². The van der Waals surface area contributed by atoms with Gasteiger partial charge in [0.05, 0.1) is 13.2 Å². The molecule has 0 bridgehead atoms. The van der Waals surface area contributed by atoms with E-state index >= 15 is 0 Å². The van der Waals surface area contributed by atoms with Crippen molar-refractivity contribution in [3.63, 3.8) is 0 Å². The molecule has 7 heteroatoms. The number of hydrogen-bond donors (Lipinski definition) is 1. The van der Waals surface area contributed by atoms with Crippen LogP contribution in [-0.2, 0) is 34.5 Å². The Bertz CT molecular complexity index is 961.